The molecular weight excluding hydrogens is 160 g/mol. The highest BCUT2D eigenvalue weighted by molar-refractivity contribution is 4.99. The third-order valence-electron chi connectivity index (χ3n) is 1.59. The van der Waals surface area contributed by atoms with Gasteiger partial charge < -0.3 is 18.9 Å². The number of ether oxygens (including phenoxy) is 4. The summed E-state index contributed by atoms with van der Waals surface area (Å²) in [4.78, 5) is 0. The summed E-state index contributed by atoms with van der Waals surface area (Å²) in [5, 5.41) is 0. The quantitative estimate of drug-likeness (QED) is 0.465. The van der Waals surface area contributed by atoms with Crippen LogP contribution in [0.4, 0.5) is 0 Å². The lowest BCUT2D eigenvalue weighted by Crippen LogP contribution is -2.38. The number of hydrogen-bond donors (Lipinski definition) is 0. The highest BCUT2D eigenvalue weighted by atomic mass is 16.9. The minimum absolute atomic E-state index is 0.481. The van der Waals surface area contributed by atoms with Crippen LogP contribution < -0.4 is 0 Å². The molecule has 0 aromatic heterocycles. The van der Waals surface area contributed by atoms with Crippen LogP contribution in [0.1, 0.15) is 6.92 Å². The second-order valence-corrected chi connectivity index (χ2v) is 2.03. The minimum Gasteiger partial charge on any atom is -0.493 e. The van der Waals surface area contributed by atoms with Gasteiger partial charge in [-0.25, -0.2) is 0 Å². The summed E-state index contributed by atoms with van der Waals surface area (Å²) < 4.78 is 20.2. The summed E-state index contributed by atoms with van der Waals surface area (Å²) in [6, 6.07) is 0. The Balaban J connectivity index is 4.68. The van der Waals surface area contributed by atoms with E-state index in [0.717, 1.165) is 0 Å². The molecule has 0 atom stereocenters. The van der Waals surface area contributed by atoms with Crippen LogP contribution >= 0.6 is 0 Å². The highest BCUT2D eigenvalue weighted by Crippen LogP contribution is 2.22. The molecule has 12 heavy (non-hydrogen) atoms. The van der Waals surface area contributed by atoms with Crippen LogP contribution in [-0.2, 0) is 18.9 Å². The van der Waals surface area contributed by atoms with Gasteiger partial charge in [-0.15, -0.1) is 0 Å². The van der Waals surface area contributed by atoms with Gasteiger partial charge in [-0.1, -0.05) is 0 Å². The second kappa shape index (κ2) is 5.13. The molecule has 0 amide bonds. The fourth-order valence-corrected chi connectivity index (χ4v) is 0.971. The van der Waals surface area contributed by atoms with Crippen LogP contribution in [0.5, 0.6) is 0 Å². The monoisotopic (exact) mass is 176 g/mol. The molecule has 0 saturated heterocycles. The summed E-state index contributed by atoms with van der Waals surface area (Å²) >= 11 is 0. The standard InChI is InChI=1S/C8H16O4/c1-6-7(9-2)8(10-3,11-4)12-5/h6H,1-5H3. The van der Waals surface area contributed by atoms with E-state index in [1.54, 1.807) is 6.08 Å². The molecule has 0 aromatic rings. The van der Waals surface area contributed by atoms with Gasteiger partial charge in [0.25, 0.3) is 0 Å². The molecule has 0 unspecified atom stereocenters. The van der Waals surface area contributed by atoms with Crippen molar-refractivity contribution in [1.29, 1.82) is 0 Å². The number of hydrogen-bond acceptors (Lipinski definition) is 4. The van der Waals surface area contributed by atoms with Crippen LogP contribution in [-0.4, -0.2) is 34.4 Å². The Morgan fingerprint density at radius 1 is 1.00 bits per heavy atom. The van der Waals surface area contributed by atoms with E-state index in [-0.39, 0.29) is 0 Å². The van der Waals surface area contributed by atoms with Crippen molar-refractivity contribution in [3.05, 3.63) is 11.8 Å². The van der Waals surface area contributed by atoms with Crippen LogP contribution in [0.2, 0.25) is 0 Å². The SMILES string of the molecule is CC=C(OC)C(OC)(OC)OC. The van der Waals surface area contributed by atoms with E-state index in [1.165, 1.54) is 28.4 Å². The van der Waals surface area contributed by atoms with Crippen molar-refractivity contribution in [3.63, 3.8) is 0 Å². The summed E-state index contributed by atoms with van der Waals surface area (Å²) in [5.41, 5.74) is 0. The first-order chi connectivity index (χ1) is 5.70. The van der Waals surface area contributed by atoms with Crippen LogP contribution in [0.25, 0.3) is 0 Å². The predicted molar refractivity (Wildman–Crippen MR) is 44.5 cm³/mol. The normalized spacial score (nSPS) is 13.2. The second-order valence-electron chi connectivity index (χ2n) is 2.03. The van der Waals surface area contributed by atoms with Crippen molar-refractivity contribution in [2.24, 2.45) is 0 Å². The zero-order valence-corrected chi connectivity index (χ0v) is 8.21. The molecule has 0 bridgehead atoms. The maximum absolute atomic E-state index is 5.04. The van der Waals surface area contributed by atoms with E-state index in [2.05, 4.69) is 0 Å². The van der Waals surface area contributed by atoms with E-state index in [1.807, 2.05) is 6.92 Å². The van der Waals surface area contributed by atoms with Gasteiger partial charge in [0.1, 0.15) is 0 Å². The fraction of sp³-hybridized carbons (Fsp3) is 0.750. The Kier molecular flexibility index (Phi) is 4.89. The lowest BCUT2D eigenvalue weighted by atomic mass is 10.4. The topological polar surface area (TPSA) is 36.9 Å². The van der Waals surface area contributed by atoms with Crippen molar-refractivity contribution < 1.29 is 18.9 Å². The van der Waals surface area contributed by atoms with Gasteiger partial charge in [0.05, 0.1) is 7.11 Å². The van der Waals surface area contributed by atoms with Crippen molar-refractivity contribution in [2.75, 3.05) is 28.4 Å². The van der Waals surface area contributed by atoms with Gasteiger partial charge in [-0.2, -0.15) is 0 Å². The maximum Gasteiger partial charge on any atom is 0.344 e. The molecule has 0 aliphatic rings. The van der Waals surface area contributed by atoms with Gasteiger partial charge in [-0.05, 0) is 13.0 Å². The summed E-state index contributed by atoms with van der Waals surface area (Å²) in [5.74, 6) is -0.737. The Morgan fingerprint density at radius 2 is 1.42 bits per heavy atom. The Bertz CT molecular complexity index is 141. The summed E-state index contributed by atoms with van der Waals surface area (Å²) in [7, 11) is 5.97. The van der Waals surface area contributed by atoms with Gasteiger partial charge in [0.2, 0.25) is 0 Å². The van der Waals surface area contributed by atoms with E-state index in [0.29, 0.717) is 5.76 Å². The molecule has 0 saturated carbocycles. The molecule has 0 rings (SSSR count). The van der Waals surface area contributed by atoms with Gasteiger partial charge in [0.15, 0.2) is 5.76 Å². The zero-order valence-electron chi connectivity index (χ0n) is 8.21. The number of rotatable bonds is 5. The molecule has 0 aromatic carbocycles. The molecule has 0 radical (unpaired) electrons. The summed E-state index contributed by atoms with van der Waals surface area (Å²) in [6.45, 7) is 1.81. The predicted octanol–water partition coefficient (Wildman–Crippen LogP) is 1.13. The molecule has 0 N–H and O–H groups in total. The average molecular weight is 176 g/mol. The number of methoxy groups -OCH3 is 4. The third-order valence-corrected chi connectivity index (χ3v) is 1.59. The molecule has 0 spiro atoms. The Morgan fingerprint density at radius 3 is 1.50 bits per heavy atom. The van der Waals surface area contributed by atoms with Crippen LogP contribution in [0.15, 0.2) is 11.8 Å². The molecular formula is C8H16O4. The number of allylic oxidation sites excluding steroid dienone is 1. The van der Waals surface area contributed by atoms with Crippen molar-refractivity contribution in [1.82, 2.24) is 0 Å². The third kappa shape index (κ3) is 1.97. The summed E-state index contributed by atoms with van der Waals surface area (Å²) in [6.07, 6.45) is 1.72. The van der Waals surface area contributed by atoms with Crippen molar-refractivity contribution >= 4 is 0 Å². The van der Waals surface area contributed by atoms with E-state index < -0.39 is 5.97 Å². The van der Waals surface area contributed by atoms with Gasteiger partial charge in [-0.3, -0.25) is 0 Å². The highest BCUT2D eigenvalue weighted by Gasteiger charge is 2.35. The smallest absolute Gasteiger partial charge is 0.344 e. The molecule has 4 nitrogen and oxygen atoms in total. The fourth-order valence-electron chi connectivity index (χ4n) is 0.971. The minimum atomic E-state index is -1.22. The Labute approximate surface area is 73.1 Å². The van der Waals surface area contributed by atoms with Gasteiger partial charge >= 0.3 is 5.97 Å². The van der Waals surface area contributed by atoms with Crippen LogP contribution in [0.3, 0.4) is 0 Å². The molecule has 72 valence electrons. The molecule has 0 aliphatic heterocycles. The molecule has 4 heteroatoms. The van der Waals surface area contributed by atoms with Crippen molar-refractivity contribution in [2.45, 2.75) is 12.9 Å². The van der Waals surface area contributed by atoms with E-state index in [4.69, 9.17) is 18.9 Å². The first-order valence-corrected chi connectivity index (χ1v) is 3.57. The lowest BCUT2D eigenvalue weighted by Gasteiger charge is -2.29. The molecule has 0 fully saturated rings. The molecule has 0 aliphatic carbocycles. The van der Waals surface area contributed by atoms with Crippen molar-refractivity contribution in [3.8, 4) is 0 Å². The first-order valence-electron chi connectivity index (χ1n) is 3.57. The maximum atomic E-state index is 5.04. The zero-order chi connectivity index (χ0) is 9.61. The van der Waals surface area contributed by atoms with E-state index in [9.17, 15) is 0 Å². The Hall–Kier alpha value is -0.580. The van der Waals surface area contributed by atoms with E-state index >= 15 is 0 Å². The average Bonchev–Trinajstić information content (AvgIpc) is 2.14. The van der Waals surface area contributed by atoms with Gasteiger partial charge in [0, 0.05) is 21.3 Å². The first kappa shape index (κ1) is 11.4. The largest absolute Gasteiger partial charge is 0.493 e. The molecule has 0 heterocycles. The lowest BCUT2D eigenvalue weighted by molar-refractivity contribution is -0.341. The van der Waals surface area contributed by atoms with Crippen LogP contribution in [0, 0.1) is 0 Å².